The number of hydrogen-bond donors (Lipinski definition) is 2. The highest BCUT2D eigenvalue weighted by atomic mass is 16.7. The predicted octanol–water partition coefficient (Wildman–Crippen LogP) is -2.32. The van der Waals surface area contributed by atoms with E-state index in [0.29, 0.717) is 78.9 Å². The second-order valence-electron chi connectivity index (χ2n) is 7.94. The zero-order valence-electron chi connectivity index (χ0n) is 19.2. The Kier molecular flexibility index (Phi) is 12.5. The molecule has 184 valence electrons. The molecule has 2 N–H and O–H groups in total. The van der Waals surface area contributed by atoms with Gasteiger partial charge in [0.2, 0.25) is 11.8 Å². The maximum atomic E-state index is 12.4. The number of rotatable bonds is 6. The summed E-state index contributed by atoms with van der Waals surface area (Å²) >= 11 is 0. The van der Waals surface area contributed by atoms with Crippen molar-refractivity contribution in [2.75, 3.05) is 99.6 Å². The molecule has 0 saturated carbocycles. The third-order valence-electron chi connectivity index (χ3n) is 5.02. The Morgan fingerprint density at radius 1 is 1.00 bits per heavy atom. The van der Waals surface area contributed by atoms with Crippen molar-refractivity contribution in [3.05, 3.63) is 0 Å². The molecule has 32 heavy (non-hydrogen) atoms. The largest absolute Gasteiger partial charge is 0.378 e. The number of carbonyl (C=O) groups excluding carboxylic acids is 3. The van der Waals surface area contributed by atoms with Gasteiger partial charge in [0.05, 0.1) is 46.2 Å². The molecular formula is C20H37N5O7. The Balaban J connectivity index is 1.77. The standard InChI is InChI=1S/C20H37N5O7/c1-23(2)15-19(27)25-7-11-29-9-5-24(6-10-30-13-14-31-12-8-25)4-3-18(26)21-17-16-32-22-20(17)28/h17H,3-16H2,1-2H3,(H,21,26)(H,22,28). The molecule has 0 aromatic rings. The molecule has 2 aliphatic rings. The zero-order chi connectivity index (χ0) is 23.2. The molecule has 0 spiro atoms. The number of likely N-dealkylation sites (N-methyl/N-ethyl adjacent to an activating group) is 1. The molecule has 2 rings (SSSR count). The van der Waals surface area contributed by atoms with Crippen molar-refractivity contribution in [3.63, 3.8) is 0 Å². The maximum absolute atomic E-state index is 12.4. The second kappa shape index (κ2) is 15.1. The van der Waals surface area contributed by atoms with E-state index in [9.17, 15) is 14.4 Å². The van der Waals surface area contributed by atoms with E-state index in [1.807, 2.05) is 19.0 Å². The molecule has 0 aromatic heterocycles. The summed E-state index contributed by atoms with van der Waals surface area (Å²) in [6.07, 6.45) is 0.250. The lowest BCUT2D eigenvalue weighted by Gasteiger charge is -2.25. The Hall–Kier alpha value is -1.83. The van der Waals surface area contributed by atoms with Crippen LogP contribution in [0.15, 0.2) is 0 Å². The van der Waals surface area contributed by atoms with Crippen LogP contribution in [0.3, 0.4) is 0 Å². The lowest BCUT2D eigenvalue weighted by Crippen LogP contribution is -2.43. The molecule has 1 atom stereocenters. The van der Waals surface area contributed by atoms with Crippen molar-refractivity contribution in [1.29, 1.82) is 0 Å². The summed E-state index contributed by atoms with van der Waals surface area (Å²) in [6, 6.07) is -0.643. The molecule has 0 aliphatic carbocycles. The number of nitrogens with one attached hydrogen (secondary N) is 2. The van der Waals surface area contributed by atoms with Crippen molar-refractivity contribution in [2.24, 2.45) is 0 Å². The van der Waals surface area contributed by atoms with Gasteiger partial charge in [0.15, 0.2) is 0 Å². The first-order valence-electron chi connectivity index (χ1n) is 11.0. The van der Waals surface area contributed by atoms with Crippen LogP contribution in [0.4, 0.5) is 0 Å². The molecule has 2 aliphatic heterocycles. The third-order valence-corrected chi connectivity index (χ3v) is 5.02. The summed E-state index contributed by atoms with van der Waals surface area (Å²) in [5, 5.41) is 2.67. The van der Waals surface area contributed by atoms with Gasteiger partial charge in [0.1, 0.15) is 12.6 Å². The van der Waals surface area contributed by atoms with E-state index in [1.54, 1.807) is 4.90 Å². The zero-order valence-corrected chi connectivity index (χ0v) is 19.2. The summed E-state index contributed by atoms with van der Waals surface area (Å²) in [6.45, 7) is 6.08. The number of nitrogens with zero attached hydrogens (tertiary/aromatic N) is 3. The normalized spacial score (nSPS) is 22.8. The third kappa shape index (κ3) is 10.7. The molecule has 2 fully saturated rings. The van der Waals surface area contributed by atoms with Gasteiger partial charge in [-0.2, -0.15) is 0 Å². The van der Waals surface area contributed by atoms with Gasteiger partial charge < -0.3 is 29.3 Å². The topological polar surface area (TPSA) is 122 Å². The van der Waals surface area contributed by atoms with Gasteiger partial charge in [-0.05, 0) is 14.1 Å². The molecule has 12 heteroatoms. The van der Waals surface area contributed by atoms with Crippen LogP contribution >= 0.6 is 0 Å². The summed E-state index contributed by atoms with van der Waals surface area (Å²) < 4.78 is 17.0. The van der Waals surface area contributed by atoms with Gasteiger partial charge in [0.25, 0.3) is 5.91 Å². The first-order valence-corrected chi connectivity index (χ1v) is 11.0. The van der Waals surface area contributed by atoms with Crippen LogP contribution in [0.5, 0.6) is 0 Å². The van der Waals surface area contributed by atoms with Gasteiger partial charge in [-0.1, -0.05) is 0 Å². The van der Waals surface area contributed by atoms with Crippen molar-refractivity contribution < 1.29 is 33.4 Å². The van der Waals surface area contributed by atoms with E-state index in [4.69, 9.17) is 19.0 Å². The molecule has 1 unspecified atom stereocenters. The minimum atomic E-state index is -0.643. The van der Waals surface area contributed by atoms with E-state index < -0.39 is 6.04 Å². The van der Waals surface area contributed by atoms with E-state index >= 15 is 0 Å². The van der Waals surface area contributed by atoms with Crippen molar-refractivity contribution in [2.45, 2.75) is 12.5 Å². The molecule has 0 radical (unpaired) electrons. The minimum Gasteiger partial charge on any atom is -0.378 e. The van der Waals surface area contributed by atoms with Crippen LogP contribution < -0.4 is 10.8 Å². The molecule has 2 heterocycles. The lowest BCUT2D eigenvalue weighted by atomic mass is 10.2. The fourth-order valence-electron chi connectivity index (χ4n) is 3.20. The fraction of sp³-hybridized carbons (Fsp3) is 0.850. The average Bonchev–Trinajstić information content (AvgIpc) is 3.13. The Labute approximate surface area is 189 Å². The van der Waals surface area contributed by atoms with Crippen LogP contribution in [0, 0.1) is 0 Å². The maximum Gasteiger partial charge on any atom is 0.268 e. The molecule has 2 saturated heterocycles. The highest BCUT2D eigenvalue weighted by Crippen LogP contribution is 1.99. The van der Waals surface area contributed by atoms with Gasteiger partial charge in [0, 0.05) is 39.1 Å². The number of carbonyl (C=O) groups is 3. The van der Waals surface area contributed by atoms with Crippen molar-refractivity contribution in [3.8, 4) is 0 Å². The Morgan fingerprint density at radius 2 is 1.59 bits per heavy atom. The van der Waals surface area contributed by atoms with E-state index in [2.05, 4.69) is 15.7 Å². The van der Waals surface area contributed by atoms with Crippen LogP contribution in [-0.2, 0) is 33.4 Å². The average molecular weight is 460 g/mol. The highest BCUT2D eigenvalue weighted by Gasteiger charge is 2.27. The fourth-order valence-corrected chi connectivity index (χ4v) is 3.20. The smallest absolute Gasteiger partial charge is 0.268 e. The molecule has 0 aromatic carbocycles. The molecule has 3 amide bonds. The second-order valence-corrected chi connectivity index (χ2v) is 7.94. The first-order chi connectivity index (χ1) is 15.5. The van der Waals surface area contributed by atoms with Crippen LogP contribution in [0.2, 0.25) is 0 Å². The monoisotopic (exact) mass is 459 g/mol. The van der Waals surface area contributed by atoms with E-state index in [0.717, 1.165) is 0 Å². The number of hydrogen-bond acceptors (Lipinski definition) is 9. The molecule has 12 nitrogen and oxygen atoms in total. The number of ether oxygens (including phenoxy) is 3. The minimum absolute atomic E-state index is 0.0387. The molecular weight excluding hydrogens is 422 g/mol. The van der Waals surface area contributed by atoms with Crippen LogP contribution in [-0.4, -0.2) is 138 Å². The SMILES string of the molecule is CN(C)CC(=O)N1CCOCCOCCN(CCC(=O)NC2CONC2=O)CCOCC1. The summed E-state index contributed by atoms with van der Waals surface area (Å²) in [4.78, 5) is 46.6. The predicted molar refractivity (Wildman–Crippen MR) is 115 cm³/mol. The summed E-state index contributed by atoms with van der Waals surface area (Å²) in [7, 11) is 3.72. The van der Waals surface area contributed by atoms with Gasteiger partial charge in [-0.15, -0.1) is 0 Å². The highest BCUT2D eigenvalue weighted by molar-refractivity contribution is 5.88. The first kappa shape index (κ1) is 26.4. The van der Waals surface area contributed by atoms with Gasteiger partial charge in [-0.3, -0.25) is 24.1 Å². The van der Waals surface area contributed by atoms with E-state index in [1.165, 1.54) is 0 Å². The quantitative estimate of drug-likeness (QED) is 0.451. The molecule has 0 bridgehead atoms. The lowest BCUT2D eigenvalue weighted by molar-refractivity contribution is -0.133. The van der Waals surface area contributed by atoms with Crippen LogP contribution in [0.25, 0.3) is 0 Å². The number of amides is 3. The summed E-state index contributed by atoms with van der Waals surface area (Å²) in [5.74, 6) is -0.511. The van der Waals surface area contributed by atoms with E-state index in [-0.39, 0.29) is 30.7 Å². The van der Waals surface area contributed by atoms with Crippen LogP contribution in [0.1, 0.15) is 6.42 Å². The van der Waals surface area contributed by atoms with Gasteiger partial charge in [-0.25, -0.2) is 5.48 Å². The van der Waals surface area contributed by atoms with Crippen molar-refractivity contribution in [1.82, 2.24) is 25.5 Å². The van der Waals surface area contributed by atoms with Gasteiger partial charge >= 0.3 is 0 Å². The Morgan fingerprint density at radius 3 is 2.16 bits per heavy atom. The van der Waals surface area contributed by atoms with Crippen molar-refractivity contribution >= 4 is 17.7 Å². The number of hydroxylamine groups is 1. The summed E-state index contributed by atoms with van der Waals surface area (Å²) in [5.41, 5.74) is 2.22. The Bertz CT molecular complexity index is 593.